The van der Waals surface area contributed by atoms with Gasteiger partial charge in [-0.1, -0.05) is 72.8 Å². The number of Topliss-reactive ketones (excluding diaryl/α,β-unsaturated/α-hetero) is 1. The van der Waals surface area contributed by atoms with Crippen molar-refractivity contribution >= 4 is 5.78 Å². The number of terminal acetylenes is 1. The molecule has 0 unspecified atom stereocenters. The smallest absolute Gasteiger partial charge is 0.235 e. The first-order valence-electron chi connectivity index (χ1n) is 7.96. The zero-order chi connectivity index (χ0) is 16.8. The van der Waals surface area contributed by atoms with Crippen molar-refractivity contribution in [2.75, 3.05) is 0 Å². The predicted molar refractivity (Wildman–Crippen MR) is 98.1 cm³/mol. The van der Waals surface area contributed by atoms with Crippen molar-refractivity contribution in [3.05, 3.63) is 107 Å². The molecule has 0 aromatic heterocycles. The van der Waals surface area contributed by atoms with Crippen LogP contribution in [-0.4, -0.2) is 5.78 Å². The zero-order valence-electron chi connectivity index (χ0n) is 13.4. The lowest BCUT2D eigenvalue weighted by Gasteiger charge is -2.07. The lowest BCUT2D eigenvalue weighted by molar-refractivity contribution is 0.105. The van der Waals surface area contributed by atoms with Crippen LogP contribution in [0.2, 0.25) is 0 Å². The highest BCUT2D eigenvalue weighted by molar-refractivity contribution is 6.08. The molecule has 0 radical (unpaired) electrons. The summed E-state index contributed by atoms with van der Waals surface area (Å²) in [6, 6.07) is 26.6. The Morgan fingerprint density at radius 2 is 1.25 bits per heavy atom. The van der Waals surface area contributed by atoms with Gasteiger partial charge >= 0.3 is 0 Å². The van der Waals surface area contributed by atoms with Gasteiger partial charge in [-0.15, -0.1) is 6.42 Å². The maximum atomic E-state index is 11.6. The maximum absolute atomic E-state index is 11.6. The van der Waals surface area contributed by atoms with Gasteiger partial charge in [0.05, 0.1) is 0 Å². The van der Waals surface area contributed by atoms with Gasteiger partial charge in [0.1, 0.15) is 0 Å². The van der Waals surface area contributed by atoms with E-state index < -0.39 is 0 Å². The molecule has 3 aromatic carbocycles. The molecule has 0 spiro atoms. The average Bonchev–Trinajstić information content (AvgIpc) is 2.62. The van der Waals surface area contributed by atoms with Crippen LogP contribution in [0.25, 0.3) is 0 Å². The minimum atomic E-state index is -0.269. The van der Waals surface area contributed by atoms with E-state index in [9.17, 15) is 4.79 Å². The van der Waals surface area contributed by atoms with E-state index in [1.807, 2.05) is 24.3 Å². The van der Waals surface area contributed by atoms with E-state index in [2.05, 4.69) is 54.5 Å². The zero-order valence-corrected chi connectivity index (χ0v) is 13.4. The highest BCUT2D eigenvalue weighted by Gasteiger charge is 2.04. The third-order valence-electron chi connectivity index (χ3n) is 3.97. The summed E-state index contributed by atoms with van der Waals surface area (Å²) in [5.41, 5.74) is 5.49. The van der Waals surface area contributed by atoms with Crippen molar-refractivity contribution in [2.24, 2.45) is 0 Å². The van der Waals surface area contributed by atoms with Crippen molar-refractivity contribution < 1.29 is 4.79 Å². The van der Waals surface area contributed by atoms with Gasteiger partial charge in [-0.25, -0.2) is 0 Å². The summed E-state index contributed by atoms with van der Waals surface area (Å²) in [5, 5.41) is 0. The molecule has 0 aliphatic rings. The summed E-state index contributed by atoms with van der Waals surface area (Å²) < 4.78 is 0. The van der Waals surface area contributed by atoms with E-state index in [-0.39, 0.29) is 5.78 Å². The standard InChI is InChI=1S/C23H18O/c1-2-23(24)22-13-7-12-21(17-22)16-20-11-6-10-19(15-20)14-18-8-4-3-5-9-18/h1,3-13,15,17H,14,16H2. The van der Waals surface area contributed by atoms with Gasteiger partial charge in [0.15, 0.2) is 0 Å². The second kappa shape index (κ2) is 7.44. The van der Waals surface area contributed by atoms with Crippen LogP contribution >= 0.6 is 0 Å². The van der Waals surface area contributed by atoms with Gasteiger partial charge in [0.2, 0.25) is 5.78 Å². The summed E-state index contributed by atoms with van der Waals surface area (Å²) in [5.74, 6) is 1.90. The molecule has 3 rings (SSSR count). The predicted octanol–water partition coefficient (Wildman–Crippen LogP) is 4.68. The third kappa shape index (κ3) is 4.00. The first kappa shape index (κ1) is 15.8. The van der Waals surface area contributed by atoms with E-state index in [0.717, 1.165) is 18.4 Å². The second-order valence-electron chi connectivity index (χ2n) is 5.83. The Balaban J connectivity index is 1.78. The molecule has 0 heterocycles. The van der Waals surface area contributed by atoms with E-state index >= 15 is 0 Å². The Hall–Kier alpha value is -3.11. The van der Waals surface area contributed by atoms with Crippen LogP contribution in [0.1, 0.15) is 32.6 Å². The SMILES string of the molecule is C#CC(=O)c1cccc(Cc2cccc(Cc3ccccc3)c2)c1. The Bertz CT molecular complexity index is 885. The molecule has 0 fully saturated rings. The number of carbonyl (C=O) groups is 1. The molecule has 1 nitrogen and oxygen atoms in total. The summed E-state index contributed by atoms with van der Waals surface area (Å²) in [6.07, 6.45) is 6.91. The first-order chi connectivity index (χ1) is 11.7. The fourth-order valence-electron chi connectivity index (χ4n) is 2.82. The number of hydrogen-bond acceptors (Lipinski definition) is 1. The summed E-state index contributed by atoms with van der Waals surface area (Å²) in [6.45, 7) is 0. The summed E-state index contributed by atoms with van der Waals surface area (Å²) >= 11 is 0. The molecule has 0 aliphatic carbocycles. The van der Waals surface area contributed by atoms with Gasteiger partial charge < -0.3 is 0 Å². The molecule has 0 amide bonds. The summed E-state index contributed by atoms with van der Waals surface area (Å²) in [7, 11) is 0. The first-order valence-corrected chi connectivity index (χ1v) is 7.96. The minimum absolute atomic E-state index is 0.269. The molecule has 0 atom stereocenters. The van der Waals surface area contributed by atoms with Gasteiger partial charge in [0.25, 0.3) is 0 Å². The van der Waals surface area contributed by atoms with Gasteiger partial charge in [-0.3, -0.25) is 4.79 Å². The Morgan fingerprint density at radius 3 is 1.92 bits per heavy atom. The highest BCUT2D eigenvalue weighted by atomic mass is 16.1. The van der Waals surface area contributed by atoms with Crippen molar-refractivity contribution in [3.8, 4) is 12.3 Å². The van der Waals surface area contributed by atoms with Crippen LogP contribution in [0.3, 0.4) is 0 Å². The highest BCUT2D eigenvalue weighted by Crippen LogP contribution is 2.16. The normalized spacial score (nSPS) is 10.1. The van der Waals surface area contributed by atoms with E-state index in [1.165, 1.54) is 16.7 Å². The third-order valence-corrected chi connectivity index (χ3v) is 3.97. The van der Waals surface area contributed by atoms with Crippen LogP contribution in [0.5, 0.6) is 0 Å². The van der Waals surface area contributed by atoms with Crippen molar-refractivity contribution in [1.82, 2.24) is 0 Å². The number of hydrogen-bond donors (Lipinski definition) is 0. The van der Waals surface area contributed by atoms with Crippen molar-refractivity contribution in [2.45, 2.75) is 12.8 Å². The van der Waals surface area contributed by atoms with E-state index in [0.29, 0.717) is 5.56 Å². The molecule has 0 saturated heterocycles. The molecule has 0 N–H and O–H groups in total. The Kier molecular flexibility index (Phi) is 4.89. The van der Waals surface area contributed by atoms with Crippen LogP contribution in [-0.2, 0) is 12.8 Å². The molecule has 1 heteroatoms. The van der Waals surface area contributed by atoms with Gasteiger partial charge in [-0.05, 0) is 47.1 Å². The largest absolute Gasteiger partial charge is 0.279 e. The molecule has 0 aliphatic heterocycles. The second-order valence-corrected chi connectivity index (χ2v) is 5.83. The summed E-state index contributed by atoms with van der Waals surface area (Å²) in [4.78, 5) is 11.6. The molecular weight excluding hydrogens is 292 g/mol. The van der Waals surface area contributed by atoms with E-state index in [4.69, 9.17) is 6.42 Å². The lowest BCUT2D eigenvalue weighted by Crippen LogP contribution is -1.97. The quantitative estimate of drug-likeness (QED) is 0.380. The van der Waals surface area contributed by atoms with Crippen molar-refractivity contribution in [1.29, 1.82) is 0 Å². The van der Waals surface area contributed by atoms with Crippen LogP contribution in [0.15, 0.2) is 78.9 Å². The van der Waals surface area contributed by atoms with Crippen LogP contribution in [0, 0.1) is 12.3 Å². The molecule has 116 valence electrons. The fraction of sp³-hybridized carbons (Fsp3) is 0.0870. The molecule has 0 bridgehead atoms. The number of carbonyl (C=O) groups excluding carboxylic acids is 1. The Labute approximate surface area is 143 Å². The van der Waals surface area contributed by atoms with Crippen LogP contribution < -0.4 is 0 Å². The number of rotatable bonds is 5. The maximum Gasteiger partial charge on any atom is 0.235 e. The lowest BCUT2D eigenvalue weighted by atomic mass is 9.98. The minimum Gasteiger partial charge on any atom is -0.279 e. The molecule has 0 saturated carbocycles. The number of benzene rings is 3. The topological polar surface area (TPSA) is 17.1 Å². The van der Waals surface area contributed by atoms with Gasteiger partial charge in [0, 0.05) is 5.56 Å². The molecule has 3 aromatic rings. The fourth-order valence-corrected chi connectivity index (χ4v) is 2.82. The van der Waals surface area contributed by atoms with Crippen LogP contribution in [0.4, 0.5) is 0 Å². The Morgan fingerprint density at radius 1 is 0.708 bits per heavy atom. The van der Waals surface area contributed by atoms with Gasteiger partial charge in [-0.2, -0.15) is 0 Å². The monoisotopic (exact) mass is 310 g/mol. The average molecular weight is 310 g/mol. The van der Waals surface area contributed by atoms with Crippen molar-refractivity contribution in [3.63, 3.8) is 0 Å². The number of ketones is 1. The molecular formula is C23H18O. The molecule has 24 heavy (non-hydrogen) atoms. The van der Waals surface area contributed by atoms with E-state index in [1.54, 1.807) is 6.07 Å².